The lowest BCUT2D eigenvalue weighted by Gasteiger charge is -2.31. The van der Waals surface area contributed by atoms with Gasteiger partial charge in [-0.25, -0.2) is 9.78 Å². The molecule has 3 aromatic rings. The van der Waals surface area contributed by atoms with Crippen molar-refractivity contribution in [3.63, 3.8) is 0 Å². The summed E-state index contributed by atoms with van der Waals surface area (Å²) >= 11 is 0. The highest BCUT2D eigenvalue weighted by Gasteiger charge is 2.27. The molecule has 2 aromatic carbocycles. The number of likely N-dealkylation sites (tertiary alicyclic amines) is 1. The van der Waals surface area contributed by atoms with Gasteiger partial charge in [0.2, 0.25) is 11.9 Å². The van der Waals surface area contributed by atoms with E-state index in [1.165, 1.54) is 4.57 Å². The van der Waals surface area contributed by atoms with Crippen LogP contribution in [0.4, 0.5) is 16.4 Å². The summed E-state index contributed by atoms with van der Waals surface area (Å²) in [6.07, 6.45) is 1.11. The first-order valence-electron chi connectivity index (χ1n) is 10.7. The molecule has 0 aliphatic carbocycles. The predicted molar refractivity (Wildman–Crippen MR) is 123 cm³/mol. The van der Waals surface area contributed by atoms with Crippen LogP contribution >= 0.6 is 0 Å². The summed E-state index contributed by atoms with van der Waals surface area (Å²) in [5.41, 5.74) is 6.66. The van der Waals surface area contributed by atoms with Gasteiger partial charge in [-0.2, -0.15) is 0 Å². The number of carbonyl (C=O) groups excluding carboxylic acids is 2. The molecule has 32 heavy (non-hydrogen) atoms. The van der Waals surface area contributed by atoms with Crippen molar-refractivity contribution >= 4 is 34.5 Å². The number of anilines is 2. The molecule has 0 saturated carbocycles. The molecule has 9 nitrogen and oxygen atoms in total. The molecule has 1 aromatic heterocycles. The van der Waals surface area contributed by atoms with E-state index in [4.69, 9.17) is 0 Å². The summed E-state index contributed by atoms with van der Waals surface area (Å²) in [4.78, 5) is 44.0. The van der Waals surface area contributed by atoms with Crippen LogP contribution in [0.15, 0.2) is 59.4 Å². The van der Waals surface area contributed by atoms with Crippen LogP contribution in [0.3, 0.4) is 0 Å². The van der Waals surface area contributed by atoms with Crippen molar-refractivity contribution in [1.82, 2.24) is 19.9 Å². The zero-order valence-electron chi connectivity index (χ0n) is 17.9. The summed E-state index contributed by atoms with van der Waals surface area (Å²) in [5.74, 6) is -0.118. The standard InChI is InChI=1S/C23H26N6O3/c1-2-29-21(31)18-10-6-7-11-19(18)25-22(29)27-26-20(30)16-12-14-28(15-13-16)23(32)24-17-8-4-3-5-9-17/h3-11,16H,2,12-15H2,1H3,(H,24,32)(H,25,27)(H,26,30). The minimum Gasteiger partial charge on any atom is -0.324 e. The Bertz CT molecular complexity index is 1170. The number of benzene rings is 2. The Morgan fingerprint density at radius 3 is 2.44 bits per heavy atom. The number of fused-ring (bicyclic) bond motifs is 1. The van der Waals surface area contributed by atoms with E-state index in [1.54, 1.807) is 23.1 Å². The lowest BCUT2D eigenvalue weighted by Crippen LogP contribution is -2.46. The zero-order valence-corrected chi connectivity index (χ0v) is 17.9. The number of nitrogens with zero attached hydrogens (tertiary/aromatic N) is 3. The van der Waals surface area contributed by atoms with E-state index in [9.17, 15) is 14.4 Å². The van der Waals surface area contributed by atoms with Gasteiger partial charge in [0, 0.05) is 31.2 Å². The van der Waals surface area contributed by atoms with E-state index in [0.717, 1.165) is 5.69 Å². The topological polar surface area (TPSA) is 108 Å². The number of hydrazine groups is 1. The molecule has 2 heterocycles. The van der Waals surface area contributed by atoms with Crippen molar-refractivity contribution in [3.8, 4) is 0 Å². The van der Waals surface area contributed by atoms with Gasteiger partial charge in [-0.15, -0.1) is 0 Å². The Kier molecular flexibility index (Phi) is 6.34. The number of urea groups is 1. The van der Waals surface area contributed by atoms with Crippen molar-refractivity contribution in [2.24, 2.45) is 5.92 Å². The largest absolute Gasteiger partial charge is 0.324 e. The second kappa shape index (κ2) is 9.51. The van der Waals surface area contributed by atoms with Crippen molar-refractivity contribution < 1.29 is 9.59 Å². The molecular formula is C23H26N6O3. The summed E-state index contributed by atoms with van der Waals surface area (Å²) < 4.78 is 1.49. The fraction of sp³-hybridized carbons (Fsp3) is 0.304. The third kappa shape index (κ3) is 4.56. The highest BCUT2D eigenvalue weighted by molar-refractivity contribution is 5.89. The lowest BCUT2D eigenvalue weighted by atomic mass is 9.96. The summed E-state index contributed by atoms with van der Waals surface area (Å²) in [7, 11) is 0. The Labute approximate surface area is 185 Å². The van der Waals surface area contributed by atoms with Crippen LogP contribution in [0.1, 0.15) is 19.8 Å². The normalized spacial score (nSPS) is 14.2. The van der Waals surface area contributed by atoms with E-state index in [-0.39, 0.29) is 23.4 Å². The van der Waals surface area contributed by atoms with Crippen molar-refractivity contribution in [2.75, 3.05) is 23.8 Å². The van der Waals surface area contributed by atoms with E-state index in [0.29, 0.717) is 49.3 Å². The number of para-hydroxylation sites is 2. The molecule has 0 unspecified atom stereocenters. The van der Waals surface area contributed by atoms with Gasteiger partial charge in [-0.05, 0) is 44.0 Å². The molecule has 0 spiro atoms. The smallest absolute Gasteiger partial charge is 0.321 e. The Morgan fingerprint density at radius 1 is 1.03 bits per heavy atom. The maximum absolute atomic E-state index is 12.7. The minimum absolute atomic E-state index is 0.160. The fourth-order valence-corrected chi connectivity index (χ4v) is 3.85. The first kappa shape index (κ1) is 21.4. The Hall–Kier alpha value is -3.88. The molecule has 1 fully saturated rings. The molecule has 0 atom stereocenters. The fourth-order valence-electron chi connectivity index (χ4n) is 3.85. The van der Waals surface area contributed by atoms with Gasteiger partial charge < -0.3 is 10.2 Å². The zero-order chi connectivity index (χ0) is 22.5. The molecule has 0 radical (unpaired) electrons. The van der Waals surface area contributed by atoms with Gasteiger partial charge in [0.1, 0.15) is 0 Å². The Morgan fingerprint density at radius 2 is 1.72 bits per heavy atom. The average Bonchev–Trinajstić information content (AvgIpc) is 2.83. The van der Waals surface area contributed by atoms with E-state index in [1.807, 2.05) is 43.3 Å². The molecule has 1 aliphatic rings. The maximum Gasteiger partial charge on any atom is 0.321 e. The third-order valence-corrected chi connectivity index (χ3v) is 5.65. The van der Waals surface area contributed by atoms with Crippen molar-refractivity contribution in [2.45, 2.75) is 26.3 Å². The van der Waals surface area contributed by atoms with Gasteiger partial charge >= 0.3 is 6.03 Å². The van der Waals surface area contributed by atoms with E-state index in [2.05, 4.69) is 21.2 Å². The molecule has 166 valence electrons. The predicted octanol–water partition coefficient (Wildman–Crippen LogP) is 2.80. The SMILES string of the molecule is CCn1c(NNC(=O)C2CCN(C(=O)Nc3ccccc3)CC2)nc2ccccc2c1=O. The summed E-state index contributed by atoms with van der Waals surface area (Å²) in [5, 5.41) is 3.40. The van der Waals surface area contributed by atoms with Crippen molar-refractivity contribution in [1.29, 1.82) is 0 Å². The molecule has 1 saturated heterocycles. The number of aromatic nitrogens is 2. The van der Waals surface area contributed by atoms with Crippen LogP contribution in [-0.4, -0.2) is 39.5 Å². The minimum atomic E-state index is -0.231. The molecule has 3 amide bonds. The number of carbonyl (C=O) groups is 2. The van der Waals surface area contributed by atoms with Crippen molar-refractivity contribution in [3.05, 3.63) is 65.0 Å². The van der Waals surface area contributed by atoms with E-state index >= 15 is 0 Å². The number of nitrogens with one attached hydrogen (secondary N) is 3. The number of piperidine rings is 1. The third-order valence-electron chi connectivity index (χ3n) is 5.65. The summed E-state index contributed by atoms with van der Waals surface area (Å²) in [6, 6.07) is 16.2. The molecule has 4 rings (SSSR count). The highest BCUT2D eigenvalue weighted by atomic mass is 16.2. The highest BCUT2D eigenvalue weighted by Crippen LogP contribution is 2.19. The number of amides is 3. The van der Waals surface area contributed by atoms with Crippen LogP contribution in [0, 0.1) is 5.92 Å². The van der Waals surface area contributed by atoms with Crippen LogP contribution in [-0.2, 0) is 11.3 Å². The quantitative estimate of drug-likeness (QED) is 0.535. The van der Waals surface area contributed by atoms with E-state index < -0.39 is 0 Å². The molecule has 3 N–H and O–H groups in total. The van der Waals surface area contributed by atoms with Crippen LogP contribution in [0.5, 0.6) is 0 Å². The average molecular weight is 435 g/mol. The van der Waals surface area contributed by atoms with Gasteiger partial charge in [-0.3, -0.25) is 25.0 Å². The van der Waals surface area contributed by atoms with Gasteiger partial charge in [0.25, 0.3) is 5.56 Å². The first-order chi connectivity index (χ1) is 15.6. The monoisotopic (exact) mass is 434 g/mol. The second-order valence-corrected chi connectivity index (χ2v) is 7.67. The van der Waals surface area contributed by atoms with Gasteiger partial charge in [0.05, 0.1) is 10.9 Å². The first-order valence-corrected chi connectivity index (χ1v) is 10.7. The number of hydrogen-bond donors (Lipinski definition) is 3. The molecule has 0 bridgehead atoms. The second-order valence-electron chi connectivity index (χ2n) is 7.67. The summed E-state index contributed by atoms with van der Waals surface area (Å²) in [6.45, 7) is 3.25. The van der Waals surface area contributed by atoms with Crippen LogP contribution < -0.4 is 21.7 Å². The van der Waals surface area contributed by atoms with Gasteiger partial charge in [0.15, 0.2) is 0 Å². The lowest BCUT2D eigenvalue weighted by molar-refractivity contribution is -0.125. The number of hydrogen-bond acceptors (Lipinski definition) is 5. The molecule has 9 heteroatoms. The molecular weight excluding hydrogens is 408 g/mol. The molecule has 1 aliphatic heterocycles. The maximum atomic E-state index is 12.7. The van der Waals surface area contributed by atoms with Crippen LogP contribution in [0.2, 0.25) is 0 Å². The van der Waals surface area contributed by atoms with Crippen LogP contribution in [0.25, 0.3) is 10.9 Å². The Balaban J connectivity index is 1.34. The van der Waals surface area contributed by atoms with Gasteiger partial charge in [-0.1, -0.05) is 30.3 Å². The number of rotatable bonds is 5.